The van der Waals surface area contributed by atoms with Crippen LogP contribution in [0, 0.1) is 0 Å². The summed E-state index contributed by atoms with van der Waals surface area (Å²) >= 11 is 0. The Balaban J connectivity index is 1.33. The number of quaternary nitrogens is 1. The molecule has 0 bridgehead atoms. The standard InChI is InChI=1S/C21H23N3O2/c1-25-20-9-7-19(8-10-20)24-13-11-23(12-14-24)16-18-15-21(26-22-18)17-5-3-2-4-6-17/h2-10,15H,11-14,16H2,1H3/p+1. The van der Waals surface area contributed by atoms with Crippen LogP contribution in [-0.2, 0) is 6.54 Å². The van der Waals surface area contributed by atoms with E-state index in [9.17, 15) is 0 Å². The summed E-state index contributed by atoms with van der Waals surface area (Å²) in [6.07, 6.45) is 0. The first-order chi connectivity index (χ1) is 12.8. The lowest BCUT2D eigenvalue weighted by atomic mass is 10.1. The summed E-state index contributed by atoms with van der Waals surface area (Å²) in [5.41, 5.74) is 3.36. The second-order valence-electron chi connectivity index (χ2n) is 6.66. The van der Waals surface area contributed by atoms with Crippen molar-refractivity contribution >= 4 is 5.69 Å². The van der Waals surface area contributed by atoms with E-state index in [0.29, 0.717) is 0 Å². The van der Waals surface area contributed by atoms with Gasteiger partial charge in [-0.2, -0.15) is 0 Å². The van der Waals surface area contributed by atoms with Gasteiger partial charge in [0, 0.05) is 17.3 Å². The third-order valence-electron chi connectivity index (χ3n) is 4.96. The first kappa shape index (κ1) is 16.7. The van der Waals surface area contributed by atoms with Crippen LogP contribution in [-0.4, -0.2) is 38.4 Å². The number of anilines is 1. The van der Waals surface area contributed by atoms with Crippen molar-refractivity contribution in [3.05, 3.63) is 66.4 Å². The summed E-state index contributed by atoms with van der Waals surface area (Å²) in [7, 11) is 1.70. The molecule has 0 spiro atoms. The van der Waals surface area contributed by atoms with Crippen LogP contribution >= 0.6 is 0 Å². The van der Waals surface area contributed by atoms with Crippen LogP contribution in [0.1, 0.15) is 5.69 Å². The van der Waals surface area contributed by atoms with Gasteiger partial charge < -0.3 is 19.1 Å². The summed E-state index contributed by atoms with van der Waals surface area (Å²) in [5, 5.41) is 4.26. The molecule has 1 aliphatic heterocycles. The molecule has 1 saturated heterocycles. The van der Waals surface area contributed by atoms with Crippen LogP contribution in [0.2, 0.25) is 0 Å². The molecule has 0 atom stereocenters. The predicted octanol–water partition coefficient (Wildman–Crippen LogP) is 2.26. The van der Waals surface area contributed by atoms with E-state index in [1.807, 2.05) is 42.5 Å². The molecule has 26 heavy (non-hydrogen) atoms. The van der Waals surface area contributed by atoms with Gasteiger partial charge >= 0.3 is 0 Å². The Bertz CT molecular complexity index is 822. The topological polar surface area (TPSA) is 42.9 Å². The highest BCUT2D eigenvalue weighted by atomic mass is 16.5. The minimum Gasteiger partial charge on any atom is -0.497 e. The van der Waals surface area contributed by atoms with Crippen molar-refractivity contribution < 1.29 is 14.2 Å². The molecule has 1 aliphatic rings. The predicted molar refractivity (Wildman–Crippen MR) is 102 cm³/mol. The molecule has 0 unspecified atom stereocenters. The van der Waals surface area contributed by atoms with E-state index in [2.05, 4.69) is 28.3 Å². The molecule has 1 fully saturated rings. The quantitative estimate of drug-likeness (QED) is 0.767. The van der Waals surface area contributed by atoms with Gasteiger partial charge in [-0.15, -0.1) is 0 Å². The van der Waals surface area contributed by atoms with Gasteiger partial charge in [0.25, 0.3) is 0 Å². The molecule has 0 aliphatic carbocycles. The Morgan fingerprint density at radius 3 is 2.46 bits per heavy atom. The van der Waals surface area contributed by atoms with E-state index in [4.69, 9.17) is 9.26 Å². The van der Waals surface area contributed by atoms with E-state index in [-0.39, 0.29) is 0 Å². The first-order valence-corrected chi connectivity index (χ1v) is 9.05. The minimum atomic E-state index is 0.844. The zero-order valence-corrected chi connectivity index (χ0v) is 15.0. The summed E-state index contributed by atoms with van der Waals surface area (Å²) in [6.45, 7) is 5.20. The van der Waals surface area contributed by atoms with Crippen molar-refractivity contribution in [2.24, 2.45) is 0 Å². The number of methoxy groups -OCH3 is 1. The molecular formula is C21H24N3O2+. The second-order valence-corrected chi connectivity index (χ2v) is 6.66. The van der Waals surface area contributed by atoms with E-state index in [1.165, 1.54) is 5.69 Å². The maximum Gasteiger partial charge on any atom is 0.167 e. The van der Waals surface area contributed by atoms with Crippen molar-refractivity contribution in [2.75, 3.05) is 38.2 Å². The van der Waals surface area contributed by atoms with Crippen LogP contribution in [0.5, 0.6) is 5.75 Å². The summed E-state index contributed by atoms with van der Waals surface area (Å²) in [6, 6.07) is 20.5. The highest BCUT2D eigenvalue weighted by molar-refractivity contribution is 5.56. The third kappa shape index (κ3) is 3.73. The first-order valence-electron chi connectivity index (χ1n) is 9.05. The average Bonchev–Trinajstić information content (AvgIpc) is 3.18. The second kappa shape index (κ2) is 7.62. The molecule has 134 valence electrons. The fourth-order valence-corrected chi connectivity index (χ4v) is 3.44. The van der Waals surface area contributed by atoms with Crippen molar-refractivity contribution in [1.82, 2.24) is 5.16 Å². The maximum atomic E-state index is 5.52. The fourth-order valence-electron chi connectivity index (χ4n) is 3.44. The van der Waals surface area contributed by atoms with Gasteiger partial charge in [-0.3, -0.25) is 0 Å². The lowest BCUT2D eigenvalue weighted by Crippen LogP contribution is -3.13. The number of hydrogen-bond acceptors (Lipinski definition) is 4. The van der Waals surface area contributed by atoms with E-state index >= 15 is 0 Å². The highest BCUT2D eigenvalue weighted by Gasteiger charge is 2.21. The molecular weight excluding hydrogens is 326 g/mol. The van der Waals surface area contributed by atoms with Crippen molar-refractivity contribution in [3.8, 4) is 17.1 Å². The number of piperazine rings is 1. The number of nitrogens with one attached hydrogen (secondary N) is 1. The molecule has 1 aromatic heterocycles. The maximum absolute atomic E-state index is 5.52. The molecule has 4 rings (SSSR count). The van der Waals surface area contributed by atoms with E-state index in [1.54, 1.807) is 12.0 Å². The van der Waals surface area contributed by atoms with Crippen LogP contribution in [0.3, 0.4) is 0 Å². The smallest absolute Gasteiger partial charge is 0.167 e. The molecule has 2 heterocycles. The van der Waals surface area contributed by atoms with Gasteiger partial charge in [0.1, 0.15) is 18.0 Å². The molecule has 0 amide bonds. The number of rotatable bonds is 5. The van der Waals surface area contributed by atoms with Gasteiger partial charge in [0.15, 0.2) is 5.76 Å². The fraction of sp³-hybridized carbons (Fsp3) is 0.286. The molecule has 0 saturated carbocycles. The van der Waals surface area contributed by atoms with Gasteiger partial charge in [-0.1, -0.05) is 35.5 Å². The molecule has 3 aromatic rings. The molecule has 1 N–H and O–H groups in total. The largest absolute Gasteiger partial charge is 0.497 e. The summed E-state index contributed by atoms with van der Waals surface area (Å²) < 4.78 is 10.8. The van der Waals surface area contributed by atoms with Crippen LogP contribution in [0.25, 0.3) is 11.3 Å². The van der Waals surface area contributed by atoms with Gasteiger partial charge in [0.05, 0.1) is 33.3 Å². The minimum absolute atomic E-state index is 0.844. The molecule has 2 aromatic carbocycles. The highest BCUT2D eigenvalue weighted by Crippen LogP contribution is 2.20. The number of nitrogens with zero attached hydrogens (tertiary/aromatic N) is 2. The van der Waals surface area contributed by atoms with Gasteiger partial charge in [-0.25, -0.2) is 0 Å². The summed E-state index contributed by atoms with van der Waals surface area (Å²) in [5.74, 6) is 1.75. The zero-order valence-electron chi connectivity index (χ0n) is 15.0. The Morgan fingerprint density at radius 1 is 1.04 bits per heavy atom. The van der Waals surface area contributed by atoms with Crippen LogP contribution in [0.15, 0.2) is 65.2 Å². The molecule has 5 nitrogen and oxygen atoms in total. The van der Waals surface area contributed by atoms with E-state index in [0.717, 1.165) is 55.5 Å². The van der Waals surface area contributed by atoms with Crippen molar-refractivity contribution in [3.63, 3.8) is 0 Å². The van der Waals surface area contributed by atoms with Crippen LogP contribution < -0.4 is 14.5 Å². The number of benzene rings is 2. The van der Waals surface area contributed by atoms with E-state index < -0.39 is 0 Å². The Kier molecular flexibility index (Phi) is 4.88. The molecule has 5 heteroatoms. The lowest BCUT2D eigenvalue weighted by molar-refractivity contribution is -0.914. The Labute approximate surface area is 153 Å². The van der Waals surface area contributed by atoms with Crippen LogP contribution in [0.4, 0.5) is 5.69 Å². The monoisotopic (exact) mass is 350 g/mol. The SMILES string of the molecule is COc1ccc(N2CC[NH+](Cc3cc(-c4ccccc4)on3)CC2)cc1. The van der Waals surface area contributed by atoms with Crippen molar-refractivity contribution in [1.29, 1.82) is 0 Å². The van der Waals surface area contributed by atoms with Crippen molar-refractivity contribution in [2.45, 2.75) is 6.54 Å². The normalized spacial score (nSPS) is 15.2. The van der Waals surface area contributed by atoms with Gasteiger partial charge in [0.2, 0.25) is 0 Å². The zero-order chi connectivity index (χ0) is 17.8. The summed E-state index contributed by atoms with van der Waals surface area (Å²) in [4.78, 5) is 3.98. The number of hydrogen-bond donors (Lipinski definition) is 1. The number of aromatic nitrogens is 1. The molecule has 0 radical (unpaired) electrons. The third-order valence-corrected chi connectivity index (χ3v) is 4.96. The Hall–Kier alpha value is -2.79. The number of ether oxygens (including phenoxy) is 1. The average molecular weight is 350 g/mol. The Morgan fingerprint density at radius 2 is 1.77 bits per heavy atom. The lowest BCUT2D eigenvalue weighted by Gasteiger charge is -2.33. The van der Waals surface area contributed by atoms with Gasteiger partial charge in [-0.05, 0) is 24.3 Å².